The van der Waals surface area contributed by atoms with Gasteiger partial charge < -0.3 is 10.6 Å². The van der Waals surface area contributed by atoms with Crippen LogP contribution in [0.1, 0.15) is 36.1 Å². The van der Waals surface area contributed by atoms with Crippen LogP contribution in [0.3, 0.4) is 0 Å². The fourth-order valence-corrected chi connectivity index (χ4v) is 4.36. The third kappa shape index (κ3) is 4.14. The Balaban J connectivity index is 1.24. The van der Waals surface area contributed by atoms with Crippen LogP contribution in [0.25, 0.3) is 11.4 Å². The molecular formula is C24H28N6. The second-order valence-corrected chi connectivity index (χ2v) is 8.32. The van der Waals surface area contributed by atoms with Crippen molar-refractivity contribution in [1.82, 2.24) is 19.9 Å². The summed E-state index contributed by atoms with van der Waals surface area (Å²) in [6.07, 6.45) is 8.87. The van der Waals surface area contributed by atoms with Gasteiger partial charge in [0.2, 0.25) is 0 Å². The molecule has 0 unspecified atom stereocenters. The number of rotatable bonds is 4. The third-order valence-corrected chi connectivity index (χ3v) is 6.08. The van der Waals surface area contributed by atoms with Gasteiger partial charge in [0.25, 0.3) is 0 Å². The smallest absolute Gasteiger partial charge is 0.159 e. The number of piperidine rings is 1. The van der Waals surface area contributed by atoms with E-state index in [0.717, 1.165) is 67.7 Å². The summed E-state index contributed by atoms with van der Waals surface area (Å²) < 4.78 is 0. The molecule has 0 atom stereocenters. The van der Waals surface area contributed by atoms with Gasteiger partial charge in [-0.3, -0.25) is 4.90 Å². The largest absolute Gasteiger partial charge is 0.399 e. The molecule has 2 aromatic heterocycles. The maximum atomic E-state index is 5.79. The van der Waals surface area contributed by atoms with Crippen molar-refractivity contribution in [1.29, 1.82) is 0 Å². The molecule has 3 aromatic rings. The summed E-state index contributed by atoms with van der Waals surface area (Å²) in [4.78, 5) is 19.0. The minimum absolute atomic E-state index is 0.755. The van der Waals surface area contributed by atoms with Crippen LogP contribution in [-0.2, 0) is 19.5 Å². The first-order valence-electron chi connectivity index (χ1n) is 10.9. The fourth-order valence-electron chi connectivity index (χ4n) is 4.36. The van der Waals surface area contributed by atoms with E-state index in [2.05, 4.69) is 26.9 Å². The van der Waals surface area contributed by atoms with Gasteiger partial charge in [-0.1, -0.05) is 6.07 Å². The molecule has 0 saturated carbocycles. The molecule has 2 aliphatic rings. The number of hydrogen-bond donors (Lipinski definition) is 1. The Bertz CT molecular complexity index is 993. The summed E-state index contributed by atoms with van der Waals surface area (Å²) in [5.41, 5.74) is 11.2. The molecular weight excluding hydrogens is 372 g/mol. The van der Waals surface area contributed by atoms with Crippen LogP contribution >= 0.6 is 0 Å². The van der Waals surface area contributed by atoms with Crippen molar-refractivity contribution in [2.24, 2.45) is 0 Å². The average molecular weight is 401 g/mol. The molecule has 4 heterocycles. The zero-order chi connectivity index (χ0) is 20.3. The second kappa shape index (κ2) is 8.40. The minimum atomic E-state index is 0.755. The molecule has 6 heteroatoms. The number of nitrogen functional groups attached to an aromatic ring is 1. The molecule has 2 aliphatic heterocycles. The van der Waals surface area contributed by atoms with Crippen molar-refractivity contribution >= 4 is 11.5 Å². The van der Waals surface area contributed by atoms with E-state index in [-0.39, 0.29) is 0 Å². The minimum Gasteiger partial charge on any atom is -0.399 e. The van der Waals surface area contributed by atoms with Gasteiger partial charge in [0.1, 0.15) is 5.82 Å². The number of aromatic nitrogens is 3. The predicted molar refractivity (Wildman–Crippen MR) is 120 cm³/mol. The highest BCUT2D eigenvalue weighted by Crippen LogP contribution is 2.23. The van der Waals surface area contributed by atoms with Crippen molar-refractivity contribution in [3.8, 4) is 11.4 Å². The molecule has 30 heavy (non-hydrogen) atoms. The third-order valence-electron chi connectivity index (χ3n) is 6.08. The van der Waals surface area contributed by atoms with Crippen LogP contribution < -0.4 is 10.6 Å². The molecule has 1 aromatic carbocycles. The van der Waals surface area contributed by atoms with Gasteiger partial charge in [-0.15, -0.1) is 0 Å². The molecule has 0 radical (unpaired) electrons. The highest BCUT2D eigenvalue weighted by molar-refractivity contribution is 5.58. The van der Waals surface area contributed by atoms with Gasteiger partial charge in [0.15, 0.2) is 5.82 Å². The molecule has 1 fully saturated rings. The number of anilines is 2. The lowest BCUT2D eigenvalue weighted by atomic mass is 10.1. The zero-order valence-electron chi connectivity index (χ0n) is 17.3. The second-order valence-electron chi connectivity index (χ2n) is 8.32. The fraction of sp³-hybridized carbons (Fsp3) is 0.375. The Hall–Kier alpha value is -2.99. The molecule has 5 rings (SSSR count). The average Bonchev–Trinajstić information content (AvgIpc) is 2.80. The van der Waals surface area contributed by atoms with Gasteiger partial charge in [-0.05, 0) is 55.2 Å². The van der Waals surface area contributed by atoms with Crippen molar-refractivity contribution in [3.63, 3.8) is 0 Å². The van der Waals surface area contributed by atoms with Crippen LogP contribution in [0.15, 0.2) is 48.8 Å². The van der Waals surface area contributed by atoms with Gasteiger partial charge in [0, 0.05) is 68.4 Å². The lowest BCUT2D eigenvalue weighted by Crippen LogP contribution is -2.31. The number of pyridine rings is 1. The zero-order valence-corrected chi connectivity index (χ0v) is 17.3. The van der Waals surface area contributed by atoms with E-state index in [4.69, 9.17) is 15.7 Å². The first-order valence-corrected chi connectivity index (χ1v) is 10.9. The molecule has 1 saturated heterocycles. The SMILES string of the molecule is Nc1ccc(-c2ncc3c(n2)CCN(Cc2ccc(N4CCCCC4)nc2)C3)cc1. The van der Waals surface area contributed by atoms with Crippen molar-refractivity contribution in [2.45, 2.75) is 38.8 Å². The van der Waals surface area contributed by atoms with Crippen LogP contribution in [0, 0.1) is 0 Å². The van der Waals surface area contributed by atoms with Crippen LogP contribution in [0.4, 0.5) is 11.5 Å². The summed E-state index contributed by atoms with van der Waals surface area (Å²) in [6.45, 7) is 5.05. The van der Waals surface area contributed by atoms with Gasteiger partial charge in [0.05, 0.1) is 5.69 Å². The first kappa shape index (κ1) is 19.0. The maximum Gasteiger partial charge on any atom is 0.159 e. The summed E-state index contributed by atoms with van der Waals surface area (Å²) in [5, 5.41) is 0. The number of nitrogens with zero attached hydrogens (tertiary/aromatic N) is 5. The van der Waals surface area contributed by atoms with E-state index in [0.29, 0.717) is 0 Å². The van der Waals surface area contributed by atoms with Gasteiger partial charge >= 0.3 is 0 Å². The topological polar surface area (TPSA) is 71.2 Å². The molecule has 6 nitrogen and oxygen atoms in total. The lowest BCUT2D eigenvalue weighted by molar-refractivity contribution is 0.242. The van der Waals surface area contributed by atoms with Crippen LogP contribution in [0.5, 0.6) is 0 Å². The summed E-state index contributed by atoms with van der Waals surface area (Å²) in [6, 6.07) is 12.2. The number of fused-ring (bicyclic) bond motifs is 1. The normalized spacial score (nSPS) is 17.0. The Kier molecular flexibility index (Phi) is 5.32. The highest BCUT2D eigenvalue weighted by Gasteiger charge is 2.19. The molecule has 0 bridgehead atoms. The molecule has 0 spiro atoms. The molecule has 0 amide bonds. The Morgan fingerprint density at radius 3 is 2.47 bits per heavy atom. The van der Waals surface area contributed by atoms with Crippen molar-refractivity contribution in [3.05, 3.63) is 65.6 Å². The van der Waals surface area contributed by atoms with Gasteiger partial charge in [-0.2, -0.15) is 0 Å². The van der Waals surface area contributed by atoms with E-state index >= 15 is 0 Å². The van der Waals surface area contributed by atoms with Gasteiger partial charge in [-0.25, -0.2) is 15.0 Å². The summed E-state index contributed by atoms with van der Waals surface area (Å²) in [7, 11) is 0. The maximum absolute atomic E-state index is 5.79. The van der Waals surface area contributed by atoms with E-state index in [9.17, 15) is 0 Å². The first-order chi connectivity index (χ1) is 14.7. The number of benzene rings is 1. The monoisotopic (exact) mass is 400 g/mol. The molecule has 0 aliphatic carbocycles. The molecule has 154 valence electrons. The molecule has 2 N–H and O–H groups in total. The van der Waals surface area contributed by atoms with E-state index in [1.807, 2.05) is 36.7 Å². The van der Waals surface area contributed by atoms with E-state index in [1.54, 1.807) is 0 Å². The Labute approximate surface area is 177 Å². The van der Waals surface area contributed by atoms with Crippen LogP contribution in [0.2, 0.25) is 0 Å². The van der Waals surface area contributed by atoms with Crippen molar-refractivity contribution in [2.75, 3.05) is 30.3 Å². The Morgan fingerprint density at radius 2 is 1.70 bits per heavy atom. The number of nitrogens with two attached hydrogens (primary N) is 1. The quantitative estimate of drug-likeness (QED) is 0.674. The summed E-state index contributed by atoms with van der Waals surface area (Å²) in [5.74, 6) is 1.89. The van der Waals surface area contributed by atoms with Crippen LogP contribution in [-0.4, -0.2) is 39.5 Å². The number of hydrogen-bond acceptors (Lipinski definition) is 6. The highest BCUT2D eigenvalue weighted by atomic mass is 15.2. The predicted octanol–water partition coefficient (Wildman–Crippen LogP) is 3.67. The Morgan fingerprint density at radius 1 is 0.867 bits per heavy atom. The lowest BCUT2D eigenvalue weighted by Gasteiger charge is -2.29. The summed E-state index contributed by atoms with van der Waals surface area (Å²) >= 11 is 0. The van der Waals surface area contributed by atoms with E-state index in [1.165, 1.54) is 30.4 Å². The standard InChI is InChI=1S/C24H28N6/c25-21-7-5-19(6-8-21)24-27-15-20-17-29(13-10-22(20)28-24)16-18-4-9-23(26-14-18)30-11-2-1-3-12-30/h4-9,14-15H,1-3,10-13,16-17,25H2. The van der Waals surface area contributed by atoms with E-state index < -0.39 is 0 Å². The van der Waals surface area contributed by atoms with Crippen molar-refractivity contribution < 1.29 is 0 Å².